The maximum absolute atomic E-state index is 13.3. The molecule has 166 valence electrons. The highest BCUT2D eigenvalue weighted by molar-refractivity contribution is 5.95. The first-order valence-electron chi connectivity index (χ1n) is 10.7. The lowest BCUT2D eigenvalue weighted by molar-refractivity contribution is -0.123. The third-order valence-electron chi connectivity index (χ3n) is 5.60. The summed E-state index contributed by atoms with van der Waals surface area (Å²) in [5.41, 5.74) is 1.36. The number of anilines is 2. The van der Waals surface area contributed by atoms with E-state index in [9.17, 15) is 14.0 Å². The average Bonchev–Trinajstić information content (AvgIpc) is 2.74. The molecule has 0 aromatic heterocycles. The number of carbonyl (C=O) groups is 2. The molecule has 0 bridgehead atoms. The molecule has 1 N–H and O–H groups in total. The number of rotatable bonds is 7. The number of amides is 2. The molecule has 1 aliphatic rings. The van der Waals surface area contributed by atoms with Crippen LogP contribution in [-0.4, -0.2) is 66.4 Å². The molecule has 2 amide bonds. The number of nitrogens with zero attached hydrogens (tertiary/aromatic N) is 3. The van der Waals surface area contributed by atoms with E-state index in [1.165, 1.54) is 12.1 Å². The zero-order chi connectivity index (χ0) is 22.4. The molecule has 7 heteroatoms. The lowest BCUT2D eigenvalue weighted by atomic mass is 10.2. The van der Waals surface area contributed by atoms with Crippen LogP contribution in [0.15, 0.2) is 54.6 Å². The highest BCUT2D eigenvalue weighted by Crippen LogP contribution is 2.18. The molecule has 1 atom stereocenters. The Morgan fingerprint density at radius 2 is 1.68 bits per heavy atom. The average molecular weight is 427 g/mol. The van der Waals surface area contributed by atoms with Crippen LogP contribution in [0.5, 0.6) is 0 Å². The number of nitrogens with one attached hydrogen (secondary N) is 1. The van der Waals surface area contributed by atoms with Crippen LogP contribution in [-0.2, 0) is 9.59 Å². The van der Waals surface area contributed by atoms with Crippen molar-refractivity contribution in [2.24, 2.45) is 0 Å². The topological polar surface area (TPSA) is 55.9 Å². The Balaban J connectivity index is 1.51. The van der Waals surface area contributed by atoms with Crippen molar-refractivity contribution < 1.29 is 14.0 Å². The predicted molar refractivity (Wildman–Crippen MR) is 122 cm³/mol. The van der Waals surface area contributed by atoms with Gasteiger partial charge in [-0.05, 0) is 51.1 Å². The van der Waals surface area contributed by atoms with Gasteiger partial charge < -0.3 is 10.2 Å². The molecule has 0 spiro atoms. The van der Waals surface area contributed by atoms with Gasteiger partial charge in [-0.3, -0.25) is 19.4 Å². The zero-order valence-electron chi connectivity index (χ0n) is 18.4. The van der Waals surface area contributed by atoms with Crippen molar-refractivity contribution >= 4 is 23.2 Å². The van der Waals surface area contributed by atoms with Crippen molar-refractivity contribution in [2.45, 2.75) is 32.9 Å². The van der Waals surface area contributed by atoms with Gasteiger partial charge in [0.2, 0.25) is 11.8 Å². The highest BCUT2D eigenvalue weighted by Gasteiger charge is 2.28. The Hall–Kier alpha value is -2.77. The second-order valence-corrected chi connectivity index (χ2v) is 8.18. The lowest BCUT2D eigenvalue weighted by Crippen LogP contribution is -2.55. The zero-order valence-corrected chi connectivity index (χ0v) is 18.4. The van der Waals surface area contributed by atoms with E-state index in [0.717, 1.165) is 5.69 Å². The van der Waals surface area contributed by atoms with Crippen molar-refractivity contribution in [3.8, 4) is 0 Å². The van der Waals surface area contributed by atoms with Crippen molar-refractivity contribution in [1.82, 2.24) is 9.80 Å². The maximum atomic E-state index is 13.3. The van der Waals surface area contributed by atoms with E-state index < -0.39 is 0 Å². The van der Waals surface area contributed by atoms with Crippen LogP contribution in [0.4, 0.5) is 15.8 Å². The summed E-state index contributed by atoms with van der Waals surface area (Å²) in [6, 6.07) is 15.4. The fraction of sp³-hybridized carbons (Fsp3) is 0.417. The van der Waals surface area contributed by atoms with Crippen LogP contribution in [0.25, 0.3) is 0 Å². The monoisotopic (exact) mass is 426 g/mol. The Morgan fingerprint density at radius 1 is 1.00 bits per heavy atom. The maximum Gasteiger partial charge on any atom is 0.241 e. The quantitative estimate of drug-likeness (QED) is 0.739. The van der Waals surface area contributed by atoms with E-state index in [1.807, 2.05) is 56.0 Å². The minimum absolute atomic E-state index is 0.0720. The van der Waals surface area contributed by atoms with Gasteiger partial charge in [-0.15, -0.1) is 0 Å². The molecular weight excluding hydrogens is 395 g/mol. The summed E-state index contributed by atoms with van der Waals surface area (Å²) in [4.78, 5) is 31.6. The van der Waals surface area contributed by atoms with Crippen molar-refractivity contribution in [3.63, 3.8) is 0 Å². The smallest absolute Gasteiger partial charge is 0.241 e. The van der Waals surface area contributed by atoms with Crippen LogP contribution in [0.1, 0.15) is 20.8 Å². The van der Waals surface area contributed by atoms with E-state index in [0.29, 0.717) is 38.4 Å². The van der Waals surface area contributed by atoms with Crippen LogP contribution < -0.4 is 10.2 Å². The molecule has 1 aliphatic heterocycles. The standard InChI is InChI=1S/C24H31FN4O2/c1-18(2)29(22-10-5-4-6-11-22)23(30)17-27-12-14-28(15-13-27)19(3)24(31)26-21-9-7-8-20(25)16-21/h4-11,16,18-19H,12-15,17H2,1-3H3,(H,26,31). The Bertz CT molecular complexity index is 882. The van der Waals surface area contributed by atoms with Gasteiger partial charge >= 0.3 is 0 Å². The number of benzene rings is 2. The number of piperazine rings is 1. The second-order valence-electron chi connectivity index (χ2n) is 8.18. The molecule has 0 saturated carbocycles. The molecule has 0 aliphatic carbocycles. The fourth-order valence-electron chi connectivity index (χ4n) is 3.87. The van der Waals surface area contributed by atoms with Crippen LogP contribution in [0.2, 0.25) is 0 Å². The largest absolute Gasteiger partial charge is 0.325 e. The summed E-state index contributed by atoms with van der Waals surface area (Å²) >= 11 is 0. The minimum Gasteiger partial charge on any atom is -0.325 e. The normalized spacial score (nSPS) is 16.2. The van der Waals surface area contributed by atoms with Crippen LogP contribution in [0.3, 0.4) is 0 Å². The number of para-hydroxylation sites is 1. The van der Waals surface area contributed by atoms with Crippen molar-refractivity contribution in [1.29, 1.82) is 0 Å². The molecule has 6 nitrogen and oxygen atoms in total. The molecule has 0 radical (unpaired) electrons. The summed E-state index contributed by atoms with van der Waals surface area (Å²) in [7, 11) is 0. The predicted octanol–water partition coefficient (Wildman–Crippen LogP) is 3.21. The number of hydrogen-bond donors (Lipinski definition) is 1. The summed E-state index contributed by atoms with van der Waals surface area (Å²) in [5, 5.41) is 2.77. The third-order valence-corrected chi connectivity index (χ3v) is 5.60. The van der Waals surface area contributed by atoms with Gasteiger partial charge in [0.15, 0.2) is 0 Å². The second kappa shape index (κ2) is 10.5. The molecule has 1 saturated heterocycles. The Morgan fingerprint density at radius 3 is 2.29 bits per heavy atom. The third kappa shape index (κ3) is 6.12. The SMILES string of the molecule is CC(C(=O)Nc1cccc(F)c1)N1CCN(CC(=O)N(c2ccccc2)C(C)C)CC1. The van der Waals surface area contributed by atoms with Gasteiger partial charge in [0.25, 0.3) is 0 Å². The van der Waals surface area contributed by atoms with Gasteiger partial charge in [0.1, 0.15) is 5.82 Å². The number of halogens is 1. The van der Waals surface area contributed by atoms with Crippen molar-refractivity contribution in [2.75, 3.05) is 42.9 Å². The minimum atomic E-state index is -0.380. The molecule has 2 aromatic carbocycles. The van der Waals surface area contributed by atoms with Gasteiger partial charge in [-0.1, -0.05) is 24.3 Å². The molecule has 31 heavy (non-hydrogen) atoms. The first-order chi connectivity index (χ1) is 14.8. The highest BCUT2D eigenvalue weighted by atomic mass is 19.1. The Labute approximate surface area is 183 Å². The van der Waals surface area contributed by atoms with Gasteiger partial charge in [-0.2, -0.15) is 0 Å². The number of carbonyl (C=O) groups excluding carboxylic acids is 2. The van der Waals surface area contributed by atoms with Crippen molar-refractivity contribution in [3.05, 3.63) is 60.4 Å². The Kier molecular flexibility index (Phi) is 7.76. The fourth-order valence-corrected chi connectivity index (χ4v) is 3.87. The summed E-state index contributed by atoms with van der Waals surface area (Å²) < 4.78 is 13.3. The van der Waals surface area contributed by atoms with Gasteiger partial charge in [0.05, 0.1) is 12.6 Å². The van der Waals surface area contributed by atoms with Gasteiger partial charge in [-0.25, -0.2) is 4.39 Å². The van der Waals surface area contributed by atoms with E-state index in [-0.39, 0.29) is 29.7 Å². The summed E-state index contributed by atoms with van der Waals surface area (Å²) in [6.07, 6.45) is 0. The van der Waals surface area contributed by atoms with Crippen LogP contribution in [0, 0.1) is 5.82 Å². The molecule has 1 unspecified atom stereocenters. The molecular formula is C24H31FN4O2. The molecule has 2 aromatic rings. The first-order valence-corrected chi connectivity index (χ1v) is 10.7. The van der Waals surface area contributed by atoms with E-state index >= 15 is 0 Å². The molecule has 1 fully saturated rings. The molecule has 1 heterocycles. The van der Waals surface area contributed by atoms with E-state index in [2.05, 4.69) is 15.1 Å². The summed E-state index contributed by atoms with van der Waals surface area (Å²) in [6.45, 7) is 9.05. The lowest BCUT2D eigenvalue weighted by Gasteiger charge is -2.38. The summed E-state index contributed by atoms with van der Waals surface area (Å²) in [5.74, 6) is -0.466. The van der Waals surface area contributed by atoms with E-state index in [4.69, 9.17) is 0 Å². The van der Waals surface area contributed by atoms with Gasteiger partial charge in [0, 0.05) is 43.6 Å². The first kappa shape index (κ1) is 22.9. The number of hydrogen-bond acceptors (Lipinski definition) is 4. The van der Waals surface area contributed by atoms with E-state index in [1.54, 1.807) is 12.1 Å². The molecule has 3 rings (SSSR count). The van der Waals surface area contributed by atoms with Crippen LogP contribution >= 0.6 is 0 Å².